The first-order valence-electron chi connectivity index (χ1n) is 8.18. The lowest BCUT2D eigenvalue weighted by molar-refractivity contribution is -0.129. The molecule has 1 N–H and O–H groups in total. The molecule has 2 atom stereocenters. The Bertz CT molecular complexity index is 653. The average molecular weight is 370 g/mol. The number of piperidine rings is 1. The number of nitrogens with one attached hydrogen (secondary N) is 1. The lowest BCUT2D eigenvalue weighted by Gasteiger charge is -2.36. The Morgan fingerprint density at radius 2 is 2.00 bits per heavy atom. The van der Waals surface area contributed by atoms with Gasteiger partial charge in [0.05, 0.1) is 6.04 Å². The van der Waals surface area contributed by atoms with Gasteiger partial charge in [-0.05, 0) is 36.5 Å². The molecule has 0 aromatic heterocycles. The van der Waals surface area contributed by atoms with Crippen molar-refractivity contribution in [1.29, 1.82) is 0 Å². The summed E-state index contributed by atoms with van der Waals surface area (Å²) in [5, 5.41) is 4.06. The first-order valence-corrected chi connectivity index (χ1v) is 8.93. The molecule has 5 nitrogen and oxygen atoms in total. The van der Waals surface area contributed by atoms with E-state index < -0.39 is 0 Å². The standard InChI is InChI=1S/C17H21Cl2N3O2/c1-11(23)21-8-12-2-5-15(10-21)22(9-12)17(24)20-7-13-3-4-14(18)6-16(13)19/h3-4,6,12,15H,2,5,7-10H2,1H3,(H,20,24)/t12-,15+/m0/s1. The molecule has 3 aliphatic rings. The molecule has 130 valence electrons. The maximum Gasteiger partial charge on any atom is 0.317 e. The van der Waals surface area contributed by atoms with Gasteiger partial charge in [0.1, 0.15) is 0 Å². The molecule has 0 spiro atoms. The highest BCUT2D eigenvalue weighted by Gasteiger charge is 2.37. The van der Waals surface area contributed by atoms with Gasteiger partial charge in [-0.3, -0.25) is 4.79 Å². The summed E-state index contributed by atoms with van der Waals surface area (Å²) in [5.74, 6) is 0.444. The van der Waals surface area contributed by atoms with Gasteiger partial charge in [-0.2, -0.15) is 0 Å². The first-order chi connectivity index (χ1) is 11.4. The second-order valence-electron chi connectivity index (χ2n) is 6.57. The van der Waals surface area contributed by atoms with Crippen LogP contribution in [-0.4, -0.2) is 47.4 Å². The van der Waals surface area contributed by atoms with Crippen LogP contribution in [0.2, 0.25) is 10.0 Å². The molecule has 0 saturated carbocycles. The number of urea groups is 1. The van der Waals surface area contributed by atoms with E-state index in [2.05, 4.69) is 5.32 Å². The van der Waals surface area contributed by atoms with Crippen LogP contribution < -0.4 is 5.32 Å². The fraction of sp³-hybridized carbons (Fsp3) is 0.529. The van der Waals surface area contributed by atoms with Crippen LogP contribution >= 0.6 is 23.2 Å². The second-order valence-corrected chi connectivity index (χ2v) is 7.41. The highest BCUT2D eigenvalue weighted by Crippen LogP contribution is 2.28. The minimum Gasteiger partial charge on any atom is -0.341 e. The van der Waals surface area contributed by atoms with Crippen molar-refractivity contribution < 1.29 is 9.59 Å². The smallest absolute Gasteiger partial charge is 0.317 e. The zero-order valence-electron chi connectivity index (χ0n) is 13.6. The van der Waals surface area contributed by atoms with Gasteiger partial charge in [-0.1, -0.05) is 29.3 Å². The summed E-state index contributed by atoms with van der Waals surface area (Å²) in [6.07, 6.45) is 2.02. The Kier molecular flexibility index (Phi) is 5.21. The SMILES string of the molecule is CC(=O)N1C[C@@H]2CC[C@H](C1)N(C(=O)NCc1ccc(Cl)cc1Cl)C2. The number of hydrogen-bond acceptors (Lipinski definition) is 2. The lowest BCUT2D eigenvalue weighted by Crippen LogP contribution is -2.51. The predicted molar refractivity (Wildman–Crippen MR) is 94.2 cm³/mol. The van der Waals surface area contributed by atoms with Crippen LogP contribution in [0.3, 0.4) is 0 Å². The molecule has 3 heterocycles. The number of carbonyl (C=O) groups is 2. The minimum atomic E-state index is -0.0962. The summed E-state index contributed by atoms with van der Waals surface area (Å²) in [6, 6.07) is 5.24. The van der Waals surface area contributed by atoms with Crippen molar-refractivity contribution in [1.82, 2.24) is 15.1 Å². The Morgan fingerprint density at radius 1 is 1.21 bits per heavy atom. The topological polar surface area (TPSA) is 52.7 Å². The van der Waals surface area contributed by atoms with Crippen LogP contribution in [0.25, 0.3) is 0 Å². The largest absolute Gasteiger partial charge is 0.341 e. The average Bonchev–Trinajstić information content (AvgIpc) is 2.86. The molecule has 3 saturated heterocycles. The predicted octanol–water partition coefficient (Wildman–Crippen LogP) is 3.15. The van der Waals surface area contributed by atoms with E-state index in [1.54, 1.807) is 19.1 Å². The van der Waals surface area contributed by atoms with E-state index in [1.165, 1.54) is 0 Å². The van der Waals surface area contributed by atoms with Crippen LogP contribution in [0.15, 0.2) is 18.2 Å². The normalized spacial score (nSPS) is 23.1. The van der Waals surface area contributed by atoms with Crippen molar-refractivity contribution in [3.05, 3.63) is 33.8 Å². The van der Waals surface area contributed by atoms with Crippen LogP contribution in [0, 0.1) is 5.92 Å². The molecule has 2 bridgehead atoms. The van der Waals surface area contributed by atoms with Crippen molar-refractivity contribution in [2.75, 3.05) is 19.6 Å². The Morgan fingerprint density at radius 3 is 2.71 bits per heavy atom. The summed E-state index contributed by atoms with van der Waals surface area (Å²) in [6.45, 7) is 4.03. The number of carbonyl (C=O) groups excluding carboxylic acids is 2. The van der Waals surface area contributed by atoms with Crippen molar-refractivity contribution in [2.24, 2.45) is 5.92 Å². The van der Waals surface area contributed by atoms with Crippen LogP contribution in [-0.2, 0) is 11.3 Å². The lowest BCUT2D eigenvalue weighted by atomic mass is 9.95. The number of rotatable bonds is 2. The number of hydrogen-bond donors (Lipinski definition) is 1. The molecule has 1 aromatic rings. The third-order valence-electron chi connectivity index (χ3n) is 4.86. The maximum absolute atomic E-state index is 12.6. The molecule has 0 unspecified atom stereocenters. The number of nitrogens with zero attached hydrogens (tertiary/aromatic N) is 2. The zero-order valence-corrected chi connectivity index (χ0v) is 15.1. The highest BCUT2D eigenvalue weighted by molar-refractivity contribution is 6.35. The number of benzene rings is 1. The van der Waals surface area contributed by atoms with Gasteiger partial charge < -0.3 is 15.1 Å². The van der Waals surface area contributed by atoms with Crippen LogP contribution in [0.5, 0.6) is 0 Å². The van der Waals surface area contributed by atoms with Crippen molar-refractivity contribution >= 4 is 35.1 Å². The van der Waals surface area contributed by atoms with E-state index >= 15 is 0 Å². The molecule has 0 radical (unpaired) electrons. The summed E-state index contributed by atoms with van der Waals surface area (Å²) in [4.78, 5) is 28.1. The van der Waals surface area contributed by atoms with Gasteiger partial charge >= 0.3 is 6.03 Å². The van der Waals surface area contributed by atoms with Crippen molar-refractivity contribution in [2.45, 2.75) is 32.4 Å². The van der Waals surface area contributed by atoms with Crippen molar-refractivity contribution in [3.63, 3.8) is 0 Å². The third kappa shape index (κ3) is 3.78. The Labute approximate surface area is 151 Å². The number of amides is 3. The third-order valence-corrected chi connectivity index (χ3v) is 5.45. The summed E-state index contributed by atoms with van der Waals surface area (Å²) >= 11 is 12.0. The second kappa shape index (κ2) is 7.19. The Balaban J connectivity index is 1.64. The quantitative estimate of drug-likeness (QED) is 0.870. The molecular formula is C17H21Cl2N3O2. The molecule has 4 rings (SSSR count). The van der Waals surface area contributed by atoms with E-state index in [0.29, 0.717) is 35.6 Å². The van der Waals surface area contributed by atoms with E-state index in [-0.39, 0.29) is 18.0 Å². The van der Waals surface area contributed by atoms with Crippen LogP contribution in [0.4, 0.5) is 4.79 Å². The monoisotopic (exact) mass is 369 g/mol. The molecule has 3 amide bonds. The zero-order chi connectivity index (χ0) is 17.3. The fourth-order valence-corrected chi connectivity index (χ4v) is 4.00. The van der Waals surface area contributed by atoms with Crippen LogP contribution in [0.1, 0.15) is 25.3 Å². The molecule has 3 aliphatic heterocycles. The molecule has 24 heavy (non-hydrogen) atoms. The number of fused-ring (bicyclic) bond motifs is 4. The maximum atomic E-state index is 12.6. The molecular weight excluding hydrogens is 349 g/mol. The molecule has 7 heteroatoms. The van der Waals surface area contributed by atoms with E-state index in [1.807, 2.05) is 15.9 Å². The van der Waals surface area contributed by atoms with Gasteiger partial charge in [0.25, 0.3) is 0 Å². The number of halogens is 2. The molecule has 1 aromatic carbocycles. The molecule has 0 aliphatic carbocycles. The summed E-state index contributed by atoms with van der Waals surface area (Å²) in [5.41, 5.74) is 0.833. The van der Waals surface area contributed by atoms with Gasteiger partial charge in [-0.25, -0.2) is 4.79 Å². The summed E-state index contributed by atoms with van der Waals surface area (Å²) < 4.78 is 0. The van der Waals surface area contributed by atoms with Gasteiger partial charge in [-0.15, -0.1) is 0 Å². The van der Waals surface area contributed by atoms with Gasteiger partial charge in [0.2, 0.25) is 5.91 Å². The molecule has 3 fully saturated rings. The van der Waals surface area contributed by atoms with E-state index in [0.717, 1.165) is 24.9 Å². The van der Waals surface area contributed by atoms with Gasteiger partial charge in [0.15, 0.2) is 0 Å². The van der Waals surface area contributed by atoms with E-state index in [4.69, 9.17) is 23.2 Å². The minimum absolute atomic E-state index is 0.0853. The Hall–Kier alpha value is -1.46. The van der Waals surface area contributed by atoms with Gasteiger partial charge in [0, 0.05) is 43.1 Å². The van der Waals surface area contributed by atoms with E-state index in [9.17, 15) is 9.59 Å². The first kappa shape index (κ1) is 17.4. The van der Waals surface area contributed by atoms with Crippen molar-refractivity contribution in [3.8, 4) is 0 Å². The highest BCUT2D eigenvalue weighted by atomic mass is 35.5. The fourth-order valence-electron chi connectivity index (χ4n) is 3.53. The summed E-state index contributed by atoms with van der Waals surface area (Å²) in [7, 11) is 0.